The molecule has 0 amide bonds. The third kappa shape index (κ3) is 2.59. The molecule has 0 atom stereocenters. The first-order chi connectivity index (χ1) is 4.83. The summed E-state index contributed by atoms with van der Waals surface area (Å²) in [7, 11) is 12.8. The van der Waals surface area contributed by atoms with Gasteiger partial charge in [-0.2, -0.15) is 0 Å². The van der Waals surface area contributed by atoms with E-state index in [2.05, 4.69) is 63.0 Å². The van der Waals surface area contributed by atoms with Gasteiger partial charge >= 0.3 is 81.8 Å². The van der Waals surface area contributed by atoms with Gasteiger partial charge in [0.1, 0.15) is 0 Å². The van der Waals surface area contributed by atoms with E-state index in [-0.39, 0.29) is 0 Å². The maximum atomic E-state index is 3.87. The summed E-state index contributed by atoms with van der Waals surface area (Å²) in [5.74, 6) is 0. The summed E-state index contributed by atoms with van der Waals surface area (Å²) < 4.78 is 6.94. The van der Waals surface area contributed by atoms with Crippen LogP contribution in [0.4, 0.5) is 0 Å². The zero-order chi connectivity index (χ0) is 9.23. The number of nitrogens with zero attached hydrogens (tertiary/aromatic N) is 3. The Kier molecular flexibility index (Phi) is 4.98. The summed E-state index contributed by atoms with van der Waals surface area (Å²) in [5.41, 5.74) is 0. The molecule has 0 radical (unpaired) electrons. The number of hydrogen-bond acceptors (Lipinski definition) is 3. The second-order valence-corrected chi connectivity index (χ2v) is 18.8. The van der Waals surface area contributed by atoms with Crippen LogP contribution < -0.4 is 0 Å². The van der Waals surface area contributed by atoms with E-state index in [1.807, 2.05) is 0 Å². The molecule has 0 saturated carbocycles. The molecule has 0 aliphatic rings. The Morgan fingerprint density at radius 3 is 0.909 bits per heavy atom. The Morgan fingerprint density at radius 1 is 0.727 bits per heavy atom. The molecule has 0 aliphatic heterocycles. The summed E-state index contributed by atoms with van der Waals surface area (Å²) in [5, 5.41) is 0. The molecule has 0 saturated heterocycles. The van der Waals surface area contributed by atoms with Gasteiger partial charge in [0, 0.05) is 0 Å². The van der Waals surface area contributed by atoms with E-state index >= 15 is 0 Å². The molecule has 0 aliphatic carbocycles. The van der Waals surface area contributed by atoms with Gasteiger partial charge in [-0.15, -0.1) is 0 Å². The minimum absolute atomic E-state index is 2.13. The molecule has 0 fully saturated rings. The first kappa shape index (κ1) is 12.2. The van der Waals surface area contributed by atoms with Crippen LogP contribution in [0.1, 0.15) is 0 Å². The van der Waals surface area contributed by atoms with Crippen LogP contribution in [0.15, 0.2) is 0 Å². The van der Waals surface area contributed by atoms with Crippen molar-refractivity contribution in [3.8, 4) is 0 Å². The minimum atomic E-state index is -2.43. The normalized spacial score (nSPS) is 13.6. The fourth-order valence-corrected chi connectivity index (χ4v) is 7.10. The zero-order valence-electron chi connectivity index (χ0n) is 8.22. The van der Waals surface area contributed by atoms with Crippen molar-refractivity contribution in [1.82, 2.24) is 8.53 Å². The molecular weight excluding hydrogens is 285 g/mol. The van der Waals surface area contributed by atoms with Crippen molar-refractivity contribution in [1.29, 1.82) is 0 Å². The fraction of sp³-hybridized carbons (Fsp3) is 1.00. The zero-order valence-corrected chi connectivity index (χ0v) is 12.3. The third-order valence-electron chi connectivity index (χ3n) is 1.71. The molecule has 3 nitrogen and oxygen atoms in total. The molecule has 5 heteroatoms. The Morgan fingerprint density at radius 2 is 0.909 bits per heavy atom. The Labute approximate surface area is 81.4 Å². The van der Waals surface area contributed by atoms with Crippen molar-refractivity contribution in [2.24, 2.45) is 0 Å². The average Bonchev–Trinajstić information content (AvgIpc) is 1.84. The molecule has 0 aromatic rings. The van der Waals surface area contributed by atoms with Crippen LogP contribution in [0.5, 0.6) is 0 Å². The summed E-state index contributed by atoms with van der Waals surface area (Å²) in [6.45, 7) is 0. The molecule has 68 valence electrons. The Balaban J connectivity index is 4.53. The van der Waals surface area contributed by atoms with Crippen molar-refractivity contribution >= 4 is 12.2 Å². The van der Waals surface area contributed by atoms with Crippen molar-refractivity contribution in [2.45, 2.75) is 0 Å². The first-order valence-electron chi connectivity index (χ1n) is 3.54. The van der Waals surface area contributed by atoms with E-state index in [1.54, 1.807) is 0 Å². The van der Waals surface area contributed by atoms with Gasteiger partial charge in [-0.25, -0.2) is 0 Å². The van der Waals surface area contributed by atoms with Crippen molar-refractivity contribution in [2.75, 3.05) is 42.3 Å². The molecule has 0 aromatic carbocycles. The van der Waals surface area contributed by atoms with E-state index in [0.29, 0.717) is 0 Å². The van der Waals surface area contributed by atoms with Gasteiger partial charge in [-0.3, -0.25) is 0 Å². The van der Waals surface area contributed by atoms with Crippen LogP contribution in [0.2, 0.25) is 0 Å². The second-order valence-electron chi connectivity index (χ2n) is 3.24. The topological polar surface area (TPSA) is 9.72 Å². The molecule has 0 unspecified atom stereocenters. The number of halogens is 1. The van der Waals surface area contributed by atoms with E-state index in [1.165, 1.54) is 0 Å². The van der Waals surface area contributed by atoms with Gasteiger partial charge in [0.2, 0.25) is 0 Å². The molecule has 0 heterocycles. The van der Waals surface area contributed by atoms with Gasteiger partial charge in [-0.1, -0.05) is 0 Å². The number of rotatable bonds is 3. The standard InChI is InChI=1S/3C2H6N.BrH.Zr/c3*1-3-2;;/h3*1-2H3;1H;/q3*-1;;+4/p-1. The summed E-state index contributed by atoms with van der Waals surface area (Å²) in [6.07, 6.45) is 0. The van der Waals surface area contributed by atoms with Gasteiger partial charge < -0.3 is 0 Å². The predicted octanol–water partition coefficient (Wildman–Crippen LogP) is 0.880. The van der Waals surface area contributed by atoms with Crippen LogP contribution in [0.25, 0.3) is 0 Å². The molecule has 0 aromatic heterocycles. The van der Waals surface area contributed by atoms with E-state index in [4.69, 9.17) is 0 Å². The van der Waals surface area contributed by atoms with E-state index in [0.717, 1.165) is 0 Å². The van der Waals surface area contributed by atoms with Gasteiger partial charge in [-0.05, 0) is 0 Å². The Bertz CT molecular complexity index is 105. The van der Waals surface area contributed by atoms with Crippen molar-refractivity contribution in [3.63, 3.8) is 0 Å². The summed E-state index contributed by atoms with van der Waals surface area (Å²) in [6, 6.07) is 0. The second kappa shape index (κ2) is 4.47. The summed E-state index contributed by atoms with van der Waals surface area (Å²) >= 11 is 1.44. The summed E-state index contributed by atoms with van der Waals surface area (Å²) in [4.78, 5) is 0. The van der Waals surface area contributed by atoms with Crippen LogP contribution in [0, 0.1) is 0 Å². The van der Waals surface area contributed by atoms with Crippen LogP contribution in [-0.2, 0) is 18.8 Å². The monoisotopic (exact) mass is 301 g/mol. The molecule has 11 heavy (non-hydrogen) atoms. The van der Waals surface area contributed by atoms with Crippen LogP contribution in [0.3, 0.4) is 0 Å². The van der Waals surface area contributed by atoms with Gasteiger partial charge in [0.05, 0.1) is 0 Å². The molecule has 0 bridgehead atoms. The average molecular weight is 303 g/mol. The molecule has 0 spiro atoms. The van der Waals surface area contributed by atoms with Crippen molar-refractivity contribution in [3.05, 3.63) is 0 Å². The Hall–Kier alpha value is 1.24. The SMILES string of the molecule is C[N](C)[Zr]([Br])([N](C)C)[N](C)C. The van der Waals surface area contributed by atoms with Gasteiger partial charge in [0.15, 0.2) is 0 Å². The van der Waals surface area contributed by atoms with E-state index in [9.17, 15) is 0 Å². The van der Waals surface area contributed by atoms with E-state index < -0.39 is 18.8 Å². The maximum absolute atomic E-state index is 3.87. The van der Waals surface area contributed by atoms with Crippen molar-refractivity contribution < 1.29 is 18.8 Å². The molecule has 0 rings (SSSR count). The predicted molar refractivity (Wildman–Crippen MR) is 50.0 cm³/mol. The van der Waals surface area contributed by atoms with Crippen LogP contribution >= 0.6 is 12.2 Å². The number of hydrogen-bond donors (Lipinski definition) is 0. The first-order valence-corrected chi connectivity index (χ1v) is 12.5. The fourth-order valence-electron chi connectivity index (χ4n) is 1.20. The third-order valence-corrected chi connectivity index (χ3v) is 22.7. The molecular formula is C6H18BrN3Zr. The van der Waals surface area contributed by atoms with Gasteiger partial charge in [0.25, 0.3) is 0 Å². The molecule has 0 N–H and O–H groups in total. The van der Waals surface area contributed by atoms with Crippen LogP contribution in [-0.4, -0.2) is 50.8 Å². The quantitative estimate of drug-likeness (QED) is 0.766.